The molecule has 1 N–H and O–H groups in total. The minimum Gasteiger partial charge on any atom is -0.370 e. The zero-order chi connectivity index (χ0) is 18.9. The largest absolute Gasteiger partial charge is 0.370 e. The second kappa shape index (κ2) is 9.85. The lowest BCUT2D eigenvalue weighted by Gasteiger charge is -2.21. The molecule has 140 valence electrons. The van der Waals surface area contributed by atoms with Crippen LogP contribution in [0.2, 0.25) is 0 Å². The molecule has 0 spiro atoms. The Morgan fingerprint density at radius 2 is 1.85 bits per heavy atom. The average Bonchev–Trinajstić information content (AvgIpc) is 2.62. The van der Waals surface area contributed by atoms with Gasteiger partial charge in [-0.3, -0.25) is 4.79 Å². The number of amides is 1. The standard InChI is InChI=1S/C20H27FN4O/c1-4-12-25(13-5-2)20(26)18-14-19(24-15(3)23-18)22-11-10-16-8-6-7-9-17(16)21/h6-9,14H,4-5,10-13H2,1-3H3,(H,22,23,24). The van der Waals surface area contributed by atoms with Gasteiger partial charge < -0.3 is 10.2 Å². The van der Waals surface area contributed by atoms with Crippen LogP contribution in [0.3, 0.4) is 0 Å². The number of nitrogens with one attached hydrogen (secondary N) is 1. The lowest BCUT2D eigenvalue weighted by atomic mass is 10.1. The summed E-state index contributed by atoms with van der Waals surface area (Å²) in [5.41, 5.74) is 1.05. The smallest absolute Gasteiger partial charge is 0.272 e. The molecule has 1 heterocycles. The molecule has 0 saturated carbocycles. The summed E-state index contributed by atoms with van der Waals surface area (Å²) in [7, 11) is 0. The lowest BCUT2D eigenvalue weighted by Crippen LogP contribution is -2.33. The Kier molecular flexibility index (Phi) is 7.51. The number of halogens is 1. The SMILES string of the molecule is CCCN(CCC)C(=O)c1cc(NCCc2ccccc2F)nc(C)n1. The number of carbonyl (C=O) groups is 1. The van der Waals surface area contributed by atoms with Crippen molar-refractivity contribution < 1.29 is 9.18 Å². The molecule has 0 saturated heterocycles. The van der Waals surface area contributed by atoms with Gasteiger partial charge in [0.25, 0.3) is 5.91 Å². The van der Waals surface area contributed by atoms with E-state index in [2.05, 4.69) is 29.1 Å². The van der Waals surface area contributed by atoms with E-state index >= 15 is 0 Å². The molecular weight excluding hydrogens is 331 g/mol. The van der Waals surface area contributed by atoms with E-state index in [1.54, 1.807) is 25.1 Å². The maximum Gasteiger partial charge on any atom is 0.272 e. The van der Waals surface area contributed by atoms with Crippen molar-refractivity contribution in [3.63, 3.8) is 0 Å². The first kappa shape index (κ1) is 19.8. The molecular formula is C20H27FN4O. The van der Waals surface area contributed by atoms with E-state index in [1.807, 2.05) is 11.0 Å². The predicted molar refractivity (Wildman–Crippen MR) is 102 cm³/mol. The molecule has 0 aliphatic rings. The summed E-state index contributed by atoms with van der Waals surface area (Å²) in [5.74, 6) is 0.845. The number of hydrogen-bond donors (Lipinski definition) is 1. The van der Waals surface area contributed by atoms with Crippen molar-refractivity contribution in [3.05, 3.63) is 53.2 Å². The monoisotopic (exact) mass is 358 g/mol. The molecule has 0 fully saturated rings. The van der Waals surface area contributed by atoms with Gasteiger partial charge >= 0.3 is 0 Å². The molecule has 1 aromatic heterocycles. The first-order chi connectivity index (χ1) is 12.5. The highest BCUT2D eigenvalue weighted by molar-refractivity contribution is 5.93. The Labute approximate surface area is 154 Å². The van der Waals surface area contributed by atoms with Crippen LogP contribution in [-0.2, 0) is 6.42 Å². The highest BCUT2D eigenvalue weighted by Gasteiger charge is 2.17. The topological polar surface area (TPSA) is 58.1 Å². The third-order valence-electron chi connectivity index (χ3n) is 3.99. The van der Waals surface area contributed by atoms with E-state index in [-0.39, 0.29) is 11.7 Å². The zero-order valence-electron chi connectivity index (χ0n) is 15.8. The van der Waals surface area contributed by atoms with Crippen LogP contribution in [0.25, 0.3) is 0 Å². The quantitative estimate of drug-likeness (QED) is 0.740. The van der Waals surface area contributed by atoms with Crippen molar-refractivity contribution in [2.45, 2.75) is 40.0 Å². The van der Waals surface area contributed by atoms with Gasteiger partial charge in [0.05, 0.1) is 0 Å². The van der Waals surface area contributed by atoms with Crippen LogP contribution in [0, 0.1) is 12.7 Å². The Hall–Kier alpha value is -2.50. The molecule has 2 rings (SSSR count). The second-order valence-electron chi connectivity index (χ2n) is 6.25. The van der Waals surface area contributed by atoms with Gasteiger partial charge in [-0.25, -0.2) is 14.4 Å². The molecule has 26 heavy (non-hydrogen) atoms. The van der Waals surface area contributed by atoms with Gasteiger partial charge in [0.15, 0.2) is 0 Å². The van der Waals surface area contributed by atoms with Crippen LogP contribution in [0.4, 0.5) is 10.2 Å². The second-order valence-corrected chi connectivity index (χ2v) is 6.25. The van der Waals surface area contributed by atoms with Crippen molar-refractivity contribution in [1.82, 2.24) is 14.9 Å². The number of hydrogen-bond acceptors (Lipinski definition) is 4. The molecule has 0 unspecified atom stereocenters. The van der Waals surface area contributed by atoms with Crippen LogP contribution in [0.15, 0.2) is 30.3 Å². The van der Waals surface area contributed by atoms with Gasteiger partial charge in [0.1, 0.15) is 23.2 Å². The van der Waals surface area contributed by atoms with Crippen LogP contribution >= 0.6 is 0 Å². The van der Waals surface area contributed by atoms with Crippen LogP contribution in [0.1, 0.15) is 48.6 Å². The molecule has 0 bridgehead atoms. The van der Waals surface area contributed by atoms with E-state index in [1.165, 1.54) is 6.07 Å². The average molecular weight is 358 g/mol. The summed E-state index contributed by atoms with van der Waals surface area (Å²) in [6.45, 7) is 7.83. The predicted octanol–water partition coefficient (Wildman–Crippen LogP) is 3.84. The molecule has 0 aliphatic carbocycles. The zero-order valence-corrected chi connectivity index (χ0v) is 15.8. The molecule has 2 aromatic rings. The Morgan fingerprint density at radius 1 is 1.15 bits per heavy atom. The molecule has 5 nitrogen and oxygen atoms in total. The normalized spacial score (nSPS) is 10.6. The van der Waals surface area contributed by atoms with Crippen molar-refractivity contribution in [2.75, 3.05) is 25.0 Å². The van der Waals surface area contributed by atoms with Gasteiger partial charge in [-0.1, -0.05) is 32.0 Å². The third kappa shape index (κ3) is 5.51. The van der Waals surface area contributed by atoms with E-state index < -0.39 is 0 Å². The summed E-state index contributed by atoms with van der Waals surface area (Å²) in [4.78, 5) is 23.2. The summed E-state index contributed by atoms with van der Waals surface area (Å²) < 4.78 is 13.7. The van der Waals surface area contributed by atoms with E-state index in [0.717, 1.165) is 12.8 Å². The fourth-order valence-corrected chi connectivity index (χ4v) is 2.81. The number of aryl methyl sites for hydroxylation is 1. The summed E-state index contributed by atoms with van der Waals surface area (Å²) in [6.07, 6.45) is 2.35. The molecule has 6 heteroatoms. The van der Waals surface area contributed by atoms with E-state index in [9.17, 15) is 9.18 Å². The van der Waals surface area contributed by atoms with Gasteiger partial charge in [0, 0.05) is 25.7 Å². The summed E-state index contributed by atoms with van der Waals surface area (Å²) in [6, 6.07) is 8.40. The third-order valence-corrected chi connectivity index (χ3v) is 3.99. The number of carbonyl (C=O) groups excluding carboxylic acids is 1. The van der Waals surface area contributed by atoms with E-state index in [4.69, 9.17) is 0 Å². The van der Waals surface area contributed by atoms with Gasteiger partial charge in [0.2, 0.25) is 0 Å². The number of rotatable bonds is 9. The molecule has 1 aromatic carbocycles. The fourth-order valence-electron chi connectivity index (χ4n) is 2.81. The molecule has 0 atom stereocenters. The number of anilines is 1. The van der Waals surface area contributed by atoms with Gasteiger partial charge in [-0.2, -0.15) is 0 Å². The fraction of sp³-hybridized carbons (Fsp3) is 0.450. The number of benzene rings is 1. The number of nitrogens with zero attached hydrogens (tertiary/aromatic N) is 3. The molecule has 1 amide bonds. The molecule has 0 radical (unpaired) electrons. The minimum absolute atomic E-state index is 0.0728. The van der Waals surface area contributed by atoms with Crippen LogP contribution < -0.4 is 5.32 Å². The van der Waals surface area contributed by atoms with Gasteiger partial charge in [-0.05, 0) is 37.8 Å². The van der Waals surface area contributed by atoms with Crippen molar-refractivity contribution >= 4 is 11.7 Å². The highest BCUT2D eigenvalue weighted by atomic mass is 19.1. The van der Waals surface area contributed by atoms with Crippen molar-refractivity contribution in [2.24, 2.45) is 0 Å². The first-order valence-electron chi connectivity index (χ1n) is 9.17. The Bertz CT molecular complexity index is 730. The highest BCUT2D eigenvalue weighted by Crippen LogP contribution is 2.12. The Morgan fingerprint density at radius 3 is 2.50 bits per heavy atom. The minimum atomic E-state index is -0.209. The Balaban J connectivity index is 2.06. The lowest BCUT2D eigenvalue weighted by molar-refractivity contribution is 0.0749. The number of aromatic nitrogens is 2. The van der Waals surface area contributed by atoms with Crippen LogP contribution in [-0.4, -0.2) is 40.4 Å². The maximum atomic E-state index is 13.7. The van der Waals surface area contributed by atoms with Crippen molar-refractivity contribution in [1.29, 1.82) is 0 Å². The first-order valence-corrected chi connectivity index (χ1v) is 9.17. The summed E-state index contributed by atoms with van der Waals surface area (Å²) >= 11 is 0. The summed E-state index contributed by atoms with van der Waals surface area (Å²) in [5, 5.41) is 3.17. The maximum absolute atomic E-state index is 13.7. The molecule has 0 aliphatic heterocycles. The van der Waals surface area contributed by atoms with Crippen LogP contribution in [0.5, 0.6) is 0 Å². The van der Waals surface area contributed by atoms with Crippen molar-refractivity contribution in [3.8, 4) is 0 Å². The van der Waals surface area contributed by atoms with Gasteiger partial charge in [-0.15, -0.1) is 0 Å². The van der Waals surface area contributed by atoms with E-state index in [0.29, 0.717) is 49.0 Å².